The highest BCUT2D eigenvalue weighted by Crippen LogP contribution is 2.16. The number of hydrogen-bond acceptors (Lipinski definition) is 4. The SMILES string of the molecule is COC(=O)c1ccc(COc2ccc(F)c(F)c2)nc1. The fraction of sp³-hybridized carbons (Fsp3) is 0.143. The molecule has 104 valence electrons. The minimum absolute atomic E-state index is 0.0759. The number of pyridine rings is 1. The van der Waals surface area contributed by atoms with E-state index in [1.807, 2.05) is 0 Å². The lowest BCUT2D eigenvalue weighted by molar-refractivity contribution is 0.0600. The van der Waals surface area contributed by atoms with Crippen molar-refractivity contribution in [1.29, 1.82) is 0 Å². The van der Waals surface area contributed by atoms with Crippen LogP contribution < -0.4 is 4.74 Å². The third kappa shape index (κ3) is 3.28. The lowest BCUT2D eigenvalue weighted by atomic mass is 10.2. The lowest BCUT2D eigenvalue weighted by Crippen LogP contribution is -2.04. The average Bonchev–Trinajstić information content (AvgIpc) is 2.48. The summed E-state index contributed by atoms with van der Waals surface area (Å²) < 4.78 is 35.5. The van der Waals surface area contributed by atoms with E-state index in [4.69, 9.17) is 4.74 Å². The van der Waals surface area contributed by atoms with Gasteiger partial charge in [-0.05, 0) is 24.3 Å². The Morgan fingerprint density at radius 1 is 1.20 bits per heavy atom. The molecule has 0 bridgehead atoms. The van der Waals surface area contributed by atoms with Gasteiger partial charge in [0.1, 0.15) is 12.4 Å². The van der Waals surface area contributed by atoms with Crippen molar-refractivity contribution >= 4 is 5.97 Å². The molecule has 0 aliphatic rings. The van der Waals surface area contributed by atoms with Gasteiger partial charge >= 0.3 is 5.97 Å². The molecule has 6 heteroatoms. The Morgan fingerprint density at radius 2 is 2.00 bits per heavy atom. The molecule has 0 fully saturated rings. The third-order valence-electron chi connectivity index (χ3n) is 2.52. The van der Waals surface area contributed by atoms with E-state index in [-0.39, 0.29) is 12.4 Å². The normalized spacial score (nSPS) is 10.2. The van der Waals surface area contributed by atoms with Crippen molar-refractivity contribution in [3.8, 4) is 5.75 Å². The first-order chi connectivity index (χ1) is 9.60. The first-order valence-corrected chi connectivity index (χ1v) is 5.71. The Labute approximate surface area is 114 Å². The summed E-state index contributed by atoms with van der Waals surface area (Å²) in [6, 6.07) is 6.40. The Balaban J connectivity index is 2.00. The molecule has 2 aromatic rings. The van der Waals surface area contributed by atoms with E-state index in [1.165, 1.54) is 19.4 Å². The van der Waals surface area contributed by atoms with E-state index in [1.54, 1.807) is 12.1 Å². The number of halogens is 2. The van der Waals surface area contributed by atoms with Crippen molar-refractivity contribution in [3.05, 3.63) is 59.4 Å². The number of methoxy groups -OCH3 is 1. The molecule has 4 nitrogen and oxygen atoms in total. The highest BCUT2D eigenvalue weighted by atomic mass is 19.2. The summed E-state index contributed by atoms with van der Waals surface area (Å²) >= 11 is 0. The number of aromatic nitrogens is 1. The molecule has 0 radical (unpaired) electrons. The number of carbonyl (C=O) groups excluding carboxylic acids is 1. The van der Waals surface area contributed by atoms with Crippen molar-refractivity contribution in [2.75, 3.05) is 7.11 Å². The zero-order valence-electron chi connectivity index (χ0n) is 10.6. The zero-order chi connectivity index (χ0) is 14.5. The van der Waals surface area contributed by atoms with Crippen molar-refractivity contribution in [2.24, 2.45) is 0 Å². The molecule has 1 heterocycles. The largest absolute Gasteiger partial charge is 0.487 e. The molecule has 0 aliphatic carbocycles. The van der Waals surface area contributed by atoms with Gasteiger partial charge in [0, 0.05) is 12.3 Å². The van der Waals surface area contributed by atoms with Crippen LogP contribution in [0.1, 0.15) is 16.1 Å². The molecule has 0 spiro atoms. The highest BCUT2D eigenvalue weighted by molar-refractivity contribution is 5.88. The summed E-state index contributed by atoms with van der Waals surface area (Å²) in [5.74, 6) is -2.19. The molecule has 20 heavy (non-hydrogen) atoms. The van der Waals surface area contributed by atoms with Crippen LogP contribution in [-0.4, -0.2) is 18.1 Å². The number of carbonyl (C=O) groups is 1. The maximum absolute atomic E-state index is 13.0. The summed E-state index contributed by atoms with van der Waals surface area (Å²) in [5, 5.41) is 0. The Kier molecular flexibility index (Phi) is 4.24. The van der Waals surface area contributed by atoms with E-state index in [2.05, 4.69) is 9.72 Å². The zero-order valence-corrected chi connectivity index (χ0v) is 10.6. The molecule has 2 rings (SSSR count). The Bertz CT molecular complexity index is 614. The van der Waals surface area contributed by atoms with Crippen LogP contribution in [0.4, 0.5) is 8.78 Å². The predicted octanol–water partition coefficient (Wildman–Crippen LogP) is 2.73. The molecule has 0 N–H and O–H groups in total. The van der Waals surface area contributed by atoms with Crippen LogP contribution in [0.3, 0.4) is 0 Å². The third-order valence-corrected chi connectivity index (χ3v) is 2.52. The smallest absolute Gasteiger partial charge is 0.339 e. The Morgan fingerprint density at radius 3 is 2.60 bits per heavy atom. The fourth-order valence-electron chi connectivity index (χ4n) is 1.47. The monoisotopic (exact) mass is 279 g/mol. The second kappa shape index (κ2) is 6.10. The number of nitrogens with zero attached hydrogens (tertiary/aromatic N) is 1. The van der Waals surface area contributed by atoms with Crippen LogP contribution in [0.2, 0.25) is 0 Å². The summed E-state index contributed by atoms with van der Waals surface area (Å²) in [6.07, 6.45) is 1.36. The number of benzene rings is 1. The van der Waals surface area contributed by atoms with Gasteiger partial charge in [-0.25, -0.2) is 13.6 Å². The van der Waals surface area contributed by atoms with Gasteiger partial charge in [-0.1, -0.05) is 0 Å². The summed E-state index contributed by atoms with van der Waals surface area (Å²) in [5.41, 5.74) is 0.867. The van der Waals surface area contributed by atoms with E-state index >= 15 is 0 Å². The van der Waals surface area contributed by atoms with Gasteiger partial charge in [0.15, 0.2) is 11.6 Å². The molecule has 0 atom stereocenters. The van der Waals surface area contributed by atoms with E-state index < -0.39 is 17.6 Å². The van der Waals surface area contributed by atoms with Gasteiger partial charge in [0.25, 0.3) is 0 Å². The molecule has 0 aliphatic heterocycles. The maximum Gasteiger partial charge on any atom is 0.339 e. The van der Waals surface area contributed by atoms with E-state index in [9.17, 15) is 13.6 Å². The van der Waals surface area contributed by atoms with E-state index in [0.717, 1.165) is 12.1 Å². The van der Waals surface area contributed by atoms with Crippen LogP contribution >= 0.6 is 0 Å². The first-order valence-electron chi connectivity index (χ1n) is 5.71. The predicted molar refractivity (Wildman–Crippen MR) is 66.3 cm³/mol. The van der Waals surface area contributed by atoms with Gasteiger partial charge in [-0.2, -0.15) is 0 Å². The molecule has 0 saturated heterocycles. The number of esters is 1. The van der Waals surface area contributed by atoms with Crippen LogP contribution in [0.5, 0.6) is 5.75 Å². The summed E-state index contributed by atoms with van der Waals surface area (Å²) in [6.45, 7) is 0.0759. The van der Waals surface area contributed by atoms with Crippen molar-refractivity contribution in [3.63, 3.8) is 0 Å². The minimum Gasteiger partial charge on any atom is -0.487 e. The average molecular weight is 279 g/mol. The lowest BCUT2D eigenvalue weighted by Gasteiger charge is -2.06. The summed E-state index contributed by atoms with van der Waals surface area (Å²) in [7, 11) is 1.28. The fourth-order valence-corrected chi connectivity index (χ4v) is 1.47. The number of hydrogen-bond donors (Lipinski definition) is 0. The van der Waals surface area contributed by atoms with Gasteiger partial charge in [0.05, 0.1) is 18.4 Å². The number of ether oxygens (including phenoxy) is 2. The molecule has 0 unspecified atom stereocenters. The molecule has 1 aromatic carbocycles. The van der Waals surface area contributed by atoms with Crippen LogP contribution in [-0.2, 0) is 11.3 Å². The van der Waals surface area contributed by atoms with Crippen molar-refractivity contribution in [1.82, 2.24) is 4.98 Å². The van der Waals surface area contributed by atoms with E-state index in [0.29, 0.717) is 11.3 Å². The molecular formula is C14H11F2NO3. The second-order valence-electron chi connectivity index (χ2n) is 3.89. The first kappa shape index (κ1) is 13.9. The quantitative estimate of drug-likeness (QED) is 0.807. The van der Waals surface area contributed by atoms with Gasteiger partial charge < -0.3 is 9.47 Å². The molecule has 1 aromatic heterocycles. The maximum atomic E-state index is 13.0. The van der Waals surface area contributed by atoms with Crippen LogP contribution in [0.15, 0.2) is 36.5 Å². The summed E-state index contributed by atoms with van der Waals surface area (Å²) in [4.78, 5) is 15.2. The van der Waals surface area contributed by atoms with Crippen molar-refractivity contribution < 1.29 is 23.0 Å². The Hall–Kier alpha value is -2.50. The topological polar surface area (TPSA) is 48.4 Å². The molecule has 0 saturated carbocycles. The minimum atomic E-state index is -0.975. The molecular weight excluding hydrogens is 268 g/mol. The van der Waals surface area contributed by atoms with Crippen LogP contribution in [0, 0.1) is 11.6 Å². The van der Waals surface area contributed by atoms with Crippen molar-refractivity contribution in [2.45, 2.75) is 6.61 Å². The van der Waals surface area contributed by atoms with Gasteiger partial charge in [0.2, 0.25) is 0 Å². The van der Waals surface area contributed by atoms with Gasteiger partial charge in [-0.15, -0.1) is 0 Å². The second-order valence-corrected chi connectivity index (χ2v) is 3.89. The highest BCUT2D eigenvalue weighted by Gasteiger charge is 2.07. The van der Waals surface area contributed by atoms with Gasteiger partial charge in [-0.3, -0.25) is 4.98 Å². The standard InChI is InChI=1S/C14H11F2NO3/c1-19-14(18)9-2-3-10(17-7-9)8-20-11-4-5-12(15)13(16)6-11/h2-7H,8H2,1H3. The molecule has 0 amide bonds. The van der Waals surface area contributed by atoms with Crippen LogP contribution in [0.25, 0.3) is 0 Å². The number of rotatable bonds is 4.